The van der Waals surface area contributed by atoms with Gasteiger partial charge < -0.3 is 5.21 Å². The molecule has 0 spiro atoms. The number of rotatable bonds is 2. The van der Waals surface area contributed by atoms with Crippen LogP contribution in [0.5, 0.6) is 0 Å². The number of oxime groups is 1. The van der Waals surface area contributed by atoms with Crippen molar-refractivity contribution >= 4 is 11.5 Å². The van der Waals surface area contributed by atoms with E-state index in [2.05, 4.69) is 12.1 Å². The lowest BCUT2D eigenvalue weighted by Gasteiger charge is -2.01. The Balaban J connectivity index is 2.40. The molecule has 0 fully saturated rings. The molecule has 3 heteroatoms. The Morgan fingerprint density at radius 3 is 2.93 bits per heavy atom. The van der Waals surface area contributed by atoms with Crippen molar-refractivity contribution in [2.45, 2.75) is 26.2 Å². The largest absolute Gasteiger partial charge is 0.411 e. The van der Waals surface area contributed by atoms with Gasteiger partial charge in [-0.15, -0.1) is 0 Å². The summed E-state index contributed by atoms with van der Waals surface area (Å²) in [6.07, 6.45) is 2.50. The maximum absolute atomic E-state index is 11.7. The van der Waals surface area contributed by atoms with E-state index in [-0.39, 0.29) is 11.5 Å². The number of hydrogen-bond acceptors (Lipinski definition) is 3. The fraction of sp³-hybridized carbons (Fsp3) is 0.333. The third-order valence-corrected chi connectivity index (χ3v) is 2.70. The molecule has 0 saturated heterocycles. The third kappa shape index (κ3) is 1.65. The summed E-state index contributed by atoms with van der Waals surface area (Å²) in [7, 11) is 0. The number of ketones is 1. The number of aryl methyl sites for hydroxylation is 1. The van der Waals surface area contributed by atoms with Gasteiger partial charge in [-0.25, -0.2) is 0 Å². The van der Waals surface area contributed by atoms with E-state index in [9.17, 15) is 4.79 Å². The predicted octanol–water partition coefficient (Wildman–Crippen LogP) is 2.21. The number of carbonyl (C=O) groups excluding carboxylic acids is 1. The molecule has 1 aliphatic carbocycles. The molecule has 0 saturated carbocycles. The highest BCUT2D eigenvalue weighted by Crippen LogP contribution is 2.22. The summed E-state index contributed by atoms with van der Waals surface area (Å²) >= 11 is 0. The lowest BCUT2D eigenvalue weighted by atomic mass is 10.0. The molecule has 0 aliphatic heterocycles. The molecule has 1 aromatic carbocycles. The number of fused-ring (bicyclic) bond motifs is 1. The van der Waals surface area contributed by atoms with Gasteiger partial charge in [0.15, 0.2) is 0 Å². The second-order valence-corrected chi connectivity index (χ2v) is 3.79. The smallest absolute Gasteiger partial charge is 0.211 e. The van der Waals surface area contributed by atoms with Crippen LogP contribution >= 0.6 is 0 Å². The Labute approximate surface area is 88.4 Å². The highest BCUT2D eigenvalue weighted by molar-refractivity contribution is 6.49. The quantitative estimate of drug-likeness (QED) is 0.591. The fourth-order valence-electron chi connectivity index (χ4n) is 1.93. The summed E-state index contributed by atoms with van der Waals surface area (Å²) in [6.45, 7) is 2.11. The van der Waals surface area contributed by atoms with Gasteiger partial charge in [0.25, 0.3) is 0 Å². The molecule has 0 bridgehead atoms. The molecule has 0 atom stereocenters. The molecule has 15 heavy (non-hydrogen) atoms. The van der Waals surface area contributed by atoms with Gasteiger partial charge in [-0.1, -0.05) is 30.6 Å². The van der Waals surface area contributed by atoms with Crippen LogP contribution in [-0.4, -0.2) is 16.7 Å². The summed E-state index contributed by atoms with van der Waals surface area (Å²) in [4.78, 5) is 11.7. The van der Waals surface area contributed by atoms with Crippen molar-refractivity contribution in [1.82, 2.24) is 0 Å². The maximum atomic E-state index is 11.7. The summed E-state index contributed by atoms with van der Waals surface area (Å²) < 4.78 is 0. The first-order valence-electron chi connectivity index (χ1n) is 5.13. The summed E-state index contributed by atoms with van der Waals surface area (Å²) in [5.74, 6) is -0.134. The molecule has 0 amide bonds. The van der Waals surface area contributed by atoms with Crippen LogP contribution in [0, 0.1) is 0 Å². The summed E-state index contributed by atoms with van der Waals surface area (Å²) in [6, 6.07) is 5.91. The zero-order chi connectivity index (χ0) is 10.8. The fourth-order valence-corrected chi connectivity index (χ4v) is 1.93. The average molecular weight is 203 g/mol. The van der Waals surface area contributed by atoms with E-state index in [1.165, 1.54) is 5.56 Å². The number of hydrogen-bond donors (Lipinski definition) is 1. The van der Waals surface area contributed by atoms with Crippen molar-refractivity contribution in [2.75, 3.05) is 0 Å². The standard InChI is InChI=1S/C12H13NO2/c1-2-3-8-4-5-9-7-11(13-15)12(14)10(9)6-8/h4-6,15H,2-3,7H2,1H3/b13-11-. The lowest BCUT2D eigenvalue weighted by Crippen LogP contribution is -2.07. The van der Waals surface area contributed by atoms with E-state index in [0.717, 1.165) is 18.4 Å². The van der Waals surface area contributed by atoms with Crippen molar-refractivity contribution < 1.29 is 10.0 Å². The number of benzene rings is 1. The van der Waals surface area contributed by atoms with Gasteiger partial charge in [0.05, 0.1) is 0 Å². The molecule has 1 aromatic rings. The Morgan fingerprint density at radius 2 is 2.27 bits per heavy atom. The molecule has 1 aliphatic rings. The molecule has 0 unspecified atom stereocenters. The van der Waals surface area contributed by atoms with Gasteiger partial charge in [-0.2, -0.15) is 0 Å². The number of nitrogens with zero attached hydrogens (tertiary/aromatic N) is 1. The van der Waals surface area contributed by atoms with Crippen LogP contribution in [0.2, 0.25) is 0 Å². The van der Waals surface area contributed by atoms with Gasteiger partial charge in [0, 0.05) is 12.0 Å². The molecule has 3 nitrogen and oxygen atoms in total. The maximum Gasteiger partial charge on any atom is 0.211 e. The highest BCUT2D eigenvalue weighted by Gasteiger charge is 2.26. The van der Waals surface area contributed by atoms with Gasteiger partial charge in [-0.05, 0) is 23.6 Å². The van der Waals surface area contributed by atoms with Crippen LogP contribution in [0.4, 0.5) is 0 Å². The number of Topliss-reactive ketones (excluding diaryl/α,β-unsaturated/α-hetero) is 1. The second kappa shape index (κ2) is 3.85. The zero-order valence-electron chi connectivity index (χ0n) is 8.66. The minimum Gasteiger partial charge on any atom is -0.411 e. The van der Waals surface area contributed by atoms with Crippen LogP contribution in [0.15, 0.2) is 23.4 Å². The normalized spacial score (nSPS) is 17.1. The van der Waals surface area contributed by atoms with Gasteiger partial charge in [-0.3, -0.25) is 4.79 Å². The Kier molecular flexibility index (Phi) is 2.54. The molecule has 1 N–H and O–H groups in total. The number of carbonyl (C=O) groups is 1. The minimum atomic E-state index is -0.134. The molecule has 2 rings (SSSR count). The van der Waals surface area contributed by atoms with Crippen molar-refractivity contribution in [2.24, 2.45) is 5.16 Å². The van der Waals surface area contributed by atoms with Gasteiger partial charge in [0.2, 0.25) is 5.78 Å². The van der Waals surface area contributed by atoms with E-state index in [4.69, 9.17) is 5.21 Å². The molecular formula is C12H13NO2. The second-order valence-electron chi connectivity index (χ2n) is 3.79. The van der Waals surface area contributed by atoms with Crippen molar-refractivity contribution in [1.29, 1.82) is 0 Å². The molecule has 0 heterocycles. The Morgan fingerprint density at radius 1 is 1.47 bits per heavy atom. The van der Waals surface area contributed by atoms with Gasteiger partial charge in [0.1, 0.15) is 5.71 Å². The van der Waals surface area contributed by atoms with Gasteiger partial charge >= 0.3 is 0 Å². The van der Waals surface area contributed by atoms with E-state index in [1.54, 1.807) is 0 Å². The third-order valence-electron chi connectivity index (χ3n) is 2.70. The first-order valence-corrected chi connectivity index (χ1v) is 5.13. The SMILES string of the molecule is CCCc1ccc2c(c1)C(=O)/C(=N\O)C2. The van der Waals surface area contributed by atoms with Crippen LogP contribution in [0.1, 0.15) is 34.8 Å². The molecule has 78 valence electrons. The monoisotopic (exact) mass is 203 g/mol. The Hall–Kier alpha value is -1.64. The van der Waals surface area contributed by atoms with E-state index >= 15 is 0 Å². The minimum absolute atomic E-state index is 0.134. The van der Waals surface area contributed by atoms with E-state index in [1.807, 2.05) is 18.2 Å². The first-order chi connectivity index (χ1) is 7.26. The van der Waals surface area contributed by atoms with Crippen LogP contribution in [0.3, 0.4) is 0 Å². The highest BCUT2D eigenvalue weighted by atomic mass is 16.4. The van der Waals surface area contributed by atoms with Crippen LogP contribution in [-0.2, 0) is 12.8 Å². The topological polar surface area (TPSA) is 49.7 Å². The average Bonchev–Trinajstić information content (AvgIpc) is 2.56. The molecule has 0 radical (unpaired) electrons. The predicted molar refractivity (Wildman–Crippen MR) is 57.7 cm³/mol. The summed E-state index contributed by atoms with van der Waals surface area (Å²) in [5, 5.41) is 11.7. The van der Waals surface area contributed by atoms with E-state index in [0.29, 0.717) is 12.0 Å². The lowest BCUT2D eigenvalue weighted by molar-refractivity contribution is 0.106. The van der Waals surface area contributed by atoms with Crippen molar-refractivity contribution in [3.05, 3.63) is 34.9 Å². The van der Waals surface area contributed by atoms with Crippen molar-refractivity contribution in [3.8, 4) is 0 Å². The first kappa shape index (κ1) is 9.90. The van der Waals surface area contributed by atoms with E-state index < -0.39 is 0 Å². The van der Waals surface area contributed by atoms with Crippen LogP contribution in [0.25, 0.3) is 0 Å². The molecule has 0 aromatic heterocycles. The summed E-state index contributed by atoms with van der Waals surface area (Å²) in [5.41, 5.74) is 3.09. The molecular weight excluding hydrogens is 190 g/mol. The van der Waals surface area contributed by atoms with Crippen molar-refractivity contribution in [3.63, 3.8) is 0 Å². The van der Waals surface area contributed by atoms with Crippen LogP contribution < -0.4 is 0 Å². The Bertz CT molecular complexity index is 435. The zero-order valence-corrected chi connectivity index (χ0v) is 8.66.